The van der Waals surface area contributed by atoms with Crippen LogP contribution in [0.2, 0.25) is 0 Å². The van der Waals surface area contributed by atoms with Crippen molar-refractivity contribution in [1.82, 2.24) is 9.13 Å². The number of fused-ring (bicyclic) bond motifs is 1. The Balaban J connectivity index is 2.49. The van der Waals surface area contributed by atoms with Crippen molar-refractivity contribution in [2.45, 2.75) is 13.5 Å². The minimum atomic E-state index is -1.07. The highest BCUT2D eigenvalue weighted by Crippen LogP contribution is 2.15. The molecule has 1 aromatic heterocycles. The van der Waals surface area contributed by atoms with E-state index >= 15 is 0 Å². The molecule has 1 amide bonds. The average Bonchev–Trinajstić information content (AvgIpc) is 2.53. The maximum atomic E-state index is 14.1. The van der Waals surface area contributed by atoms with Crippen LogP contribution in [0.3, 0.4) is 0 Å². The van der Waals surface area contributed by atoms with Crippen molar-refractivity contribution in [2.24, 2.45) is 5.73 Å². The summed E-state index contributed by atoms with van der Waals surface area (Å²) in [6.07, 6.45) is 0. The highest BCUT2D eigenvalue weighted by Gasteiger charge is 2.18. The minimum Gasteiger partial charge on any atom is -0.368 e. The Morgan fingerprint density at radius 2 is 1.84 bits per heavy atom. The first-order valence-electron chi connectivity index (χ1n) is 7.29. The van der Waals surface area contributed by atoms with Crippen LogP contribution in [0.1, 0.15) is 5.56 Å². The number of rotatable bonds is 3. The molecule has 0 aliphatic carbocycles. The van der Waals surface area contributed by atoms with Crippen LogP contribution < -0.4 is 17.0 Å². The zero-order chi connectivity index (χ0) is 18.3. The smallest absolute Gasteiger partial charge is 0.336 e. The van der Waals surface area contributed by atoms with E-state index in [0.717, 1.165) is 22.3 Å². The van der Waals surface area contributed by atoms with E-state index < -0.39 is 41.0 Å². The summed E-state index contributed by atoms with van der Waals surface area (Å²) in [6.45, 7) is 1.26. The number of aromatic nitrogens is 2. The van der Waals surface area contributed by atoms with E-state index in [2.05, 4.69) is 0 Å². The summed E-state index contributed by atoms with van der Waals surface area (Å²) in [5.74, 6) is -2.71. The molecule has 128 valence electrons. The van der Waals surface area contributed by atoms with Gasteiger partial charge in [-0.1, -0.05) is 11.6 Å². The van der Waals surface area contributed by atoms with Crippen LogP contribution in [-0.2, 0) is 11.3 Å². The van der Waals surface area contributed by atoms with E-state index in [9.17, 15) is 23.2 Å². The number of primary amides is 1. The summed E-state index contributed by atoms with van der Waals surface area (Å²) in [4.78, 5) is 36.8. The van der Waals surface area contributed by atoms with E-state index in [1.165, 1.54) is 12.1 Å². The standard InChI is InChI=1S/C17H13F2N3O3/c1-9-2-4-13-11(6-9)16(24)22(17(25)21(13)8-15(20)23)14-5-3-10(18)7-12(14)19/h2-7H,8H2,1H3,(H2,20,23). The molecule has 2 aromatic carbocycles. The number of carbonyl (C=O) groups is 1. The Morgan fingerprint density at radius 1 is 1.12 bits per heavy atom. The summed E-state index contributed by atoms with van der Waals surface area (Å²) in [7, 11) is 0. The lowest BCUT2D eigenvalue weighted by molar-refractivity contribution is -0.118. The minimum absolute atomic E-state index is 0.115. The molecule has 1 heterocycles. The zero-order valence-corrected chi connectivity index (χ0v) is 13.1. The molecular formula is C17H13F2N3O3. The highest BCUT2D eigenvalue weighted by atomic mass is 19.1. The first kappa shape index (κ1) is 16.6. The van der Waals surface area contributed by atoms with Crippen LogP contribution in [-0.4, -0.2) is 15.0 Å². The Morgan fingerprint density at radius 3 is 2.48 bits per heavy atom. The number of hydrogen-bond donors (Lipinski definition) is 1. The van der Waals surface area contributed by atoms with Gasteiger partial charge in [0.15, 0.2) is 0 Å². The number of amides is 1. The van der Waals surface area contributed by atoms with Crippen LogP contribution in [0, 0.1) is 18.6 Å². The molecular weight excluding hydrogens is 332 g/mol. The topological polar surface area (TPSA) is 87.1 Å². The molecule has 0 radical (unpaired) electrons. The van der Waals surface area contributed by atoms with Gasteiger partial charge in [0.1, 0.15) is 18.2 Å². The van der Waals surface area contributed by atoms with Gasteiger partial charge in [-0.2, -0.15) is 0 Å². The Labute approximate surface area is 139 Å². The van der Waals surface area contributed by atoms with Crippen LogP contribution in [0.5, 0.6) is 0 Å². The molecule has 8 heteroatoms. The molecule has 0 saturated heterocycles. The Bertz CT molecular complexity index is 1130. The van der Waals surface area contributed by atoms with Gasteiger partial charge in [0.25, 0.3) is 5.56 Å². The molecule has 0 unspecified atom stereocenters. The van der Waals surface area contributed by atoms with Crippen LogP contribution in [0.4, 0.5) is 8.78 Å². The molecule has 6 nitrogen and oxygen atoms in total. The summed E-state index contributed by atoms with van der Waals surface area (Å²) < 4.78 is 28.8. The Kier molecular flexibility index (Phi) is 3.96. The second-order valence-electron chi connectivity index (χ2n) is 5.59. The van der Waals surface area contributed by atoms with Crippen LogP contribution in [0.15, 0.2) is 46.0 Å². The number of hydrogen-bond acceptors (Lipinski definition) is 3. The SMILES string of the molecule is Cc1ccc2c(c1)c(=O)n(-c1ccc(F)cc1F)c(=O)n2CC(N)=O. The van der Waals surface area contributed by atoms with Gasteiger partial charge in [0.05, 0.1) is 16.6 Å². The van der Waals surface area contributed by atoms with Crippen molar-refractivity contribution < 1.29 is 13.6 Å². The molecule has 3 aromatic rings. The van der Waals surface area contributed by atoms with Crippen molar-refractivity contribution in [3.63, 3.8) is 0 Å². The quantitative estimate of drug-likeness (QED) is 0.774. The van der Waals surface area contributed by atoms with Gasteiger partial charge in [-0.3, -0.25) is 14.2 Å². The van der Waals surface area contributed by atoms with Gasteiger partial charge < -0.3 is 5.73 Å². The average molecular weight is 345 g/mol. The van der Waals surface area contributed by atoms with E-state index in [0.29, 0.717) is 10.6 Å². The molecule has 0 aliphatic rings. The fourth-order valence-electron chi connectivity index (χ4n) is 2.67. The van der Waals surface area contributed by atoms with Gasteiger partial charge in [0.2, 0.25) is 5.91 Å². The lowest BCUT2D eigenvalue weighted by Gasteiger charge is -2.14. The van der Waals surface area contributed by atoms with E-state index in [4.69, 9.17) is 5.73 Å². The number of nitrogens with zero attached hydrogens (tertiary/aromatic N) is 2. The molecule has 0 saturated carbocycles. The summed E-state index contributed by atoms with van der Waals surface area (Å²) in [5.41, 5.74) is 4.01. The monoisotopic (exact) mass is 345 g/mol. The maximum absolute atomic E-state index is 14.1. The second kappa shape index (κ2) is 5.97. The van der Waals surface area contributed by atoms with Gasteiger partial charge in [-0.25, -0.2) is 18.1 Å². The summed E-state index contributed by atoms with van der Waals surface area (Å²) in [5, 5.41) is 0.115. The molecule has 25 heavy (non-hydrogen) atoms. The molecule has 0 atom stereocenters. The zero-order valence-electron chi connectivity index (χ0n) is 13.1. The highest BCUT2D eigenvalue weighted by molar-refractivity contribution is 5.81. The first-order valence-corrected chi connectivity index (χ1v) is 7.29. The van der Waals surface area contributed by atoms with E-state index in [-0.39, 0.29) is 10.9 Å². The van der Waals surface area contributed by atoms with Gasteiger partial charge in [-0.15, -0.1) is 0 Å². The van der Waals surface area contributed by atoms with E-state index in [1.807, 2.05) is 0 Å². The second-order valence-corrected chi connectivity index (χ2v) is 5.59. The van der Waals surface area contributed by atoms with Crippen molar-refractivity contribution in [1.29, 1.82) is 0 Å². The lowest BCUT2D eigenvalue weighted by atomic mass is 10.1. The third-order valence-corrected chi connectivity index (χ3v) is 3.76. The van der Waals surface area contributed by atoms with Gasteiger partial charge in [-0.05, 0) is 31.2 Å². The van der Waals surface area contributed by atoms with Gasteiger partial charge in [0, 0.05) is 6.07 Å². The van der Waals surface area contributed by atoms with Crippen LogP contribution >= 0.6 is 0 Å². The van der Waals surface area contributed by atoms with Crippen molar-refractivity contribution >= 4 is 16.8 Å². The van der Waals surface area contributed by atoms with E-state index in [1.54, 1.807) is 13.0 Å². The van der Waals surface area contributed by atoms with Crippen molar-refractivity contribution in [2.75, 3.05) is 0 Å². The molecule has 0 fully saturated rings. The molecule has 0 bridgehead atoms. The predicted molar refractivity (Wildman–Crippen MR) is 87.7 cm³/mol. The summed E-state index contributed by atoms with van der Waals surface area (Å²) >= 11 is 0. The number of benzene rings is 2. The largest absolute Gasteiger partial charge is 0.368 e. The lowest BCUT2D eigenvalue weighted by Crippen LogP contribution is -2.41. The maximum Gasteiger partial charge on any atom is 0.336 e. The fraction of sp³-hybridized carbons (Fsp3) is 0.118. The van der Waals surface area contributed by atoms with Crippen molar-refractivity contribution in [3.8, 4) is 5.69 Å². The van der Waals surface area contributed by atoms with Crippen LogP contribution in [0.25, 0.3) is 16.6 Å². The van der Waals surface area contributed by atoms with Gasteiger partial charge >= 0.3 is 5.69 Å². The Hall–Kier alpha value is -3.29. The molecule has 0 spiro atoms. The summed E-state index contributed by atoms with van der Waals surface area (Å²) in [6, 6.07) is 7.20. The third kappa shape index (κ3) is 2.82. The number of aryl methyl sites for hydroxylation is 1. The number of halogens is 2. The third-order valence-electron chi connectivity index (χ3n) is 3.76. The molecule has 3 rings (SSSR count). The fourth-order valence-corrected chi connectivity index (χ4v) is 2.67. The first-order chi connectivity index (χ1) is 11.8. The predicted octanol–water partition coefficient (Wildman–Crippen LogP) is 1.22. The molecule has 0 aliphatic heterocycles. The number of nitrogens with two attached hydrogens (primary N) is 1. The normalized spacial score (nSPS) is 11.0. The molecule has 2 N–H and O–H groups in total. The van der Waals surface area contributed by atoms with Crippen molar-refractivity contribution in [3.05, 3.63) is 74.4 Å². The number of carbonyl (C=O) groups excluding carboxylic acids is 1.